The second-order valence-corrected chi connectivity index (χ2v) is 3.76. The Kier molecular flexibility index (Phi) is 2.97. The van der Waals surface area contributed by atoms with E-state index in [1.807, 2.05) is 18.3 Å². The third kappa shape index (κ3) is 1.85. The van der Waals surface area contributed by atoms with Gasteiger partial charge in [0.1, 0.15) is 0 Å². The van der Waals surface area contributed by atoms with E-state index in [0.29, 0.717) is 12.5 Å². The van der Waals surface area contributed by atoms with Gasteiger partial charge in [-0.25, -0.2) is 0 Å². The van der Waals surface area contributed by atoms with Gasteiger partial charge in [0.15, 0.2) is 0 Å². The minimum absolute atomic E-state index is 0.442. The molecule has 0 aliphatic carbocycles. The van der Waals surface area contributed by atoms with Crippen molar-refractivity contribution in [1.82, 2.24) is 4.98 Å². The number of para-hydroxylation sites is 1. The summed E-state index contributed by atoms with van der Waals surface area (Å²) < 4.78 is 0. The highest BCUT2D eigenvalue weighted by Gasteiger charge is 2.10. The van der Waals surface area contributed by atoms with E-state index in [4.69, 9.17) is 5.73 Å². The molecule has 1 unspecified atom stereocenters. The van der Waals surface area contributed by atoms with Crippen LogP contribution in [0.15, 0.2) is 36.5 Å². The van der Waals surface area contributed by atoms with E-state index >= 15 is 0 Å². The Hall–Kier alpha value is -1.41. The predicted octanol–water partition coefficient (Wildman–Crippen LogP) is 2.69. The maximum Gasteiger partial charge on any atom is 0.0704 e. The van der Waals surface area contributed by atoms with Gasteiger partial charge in [0, 0.05) is 11.6 Å². The summed E-state index contributed by atoms with van der Waals surface area (Å²) in [6.45, 7) is 2.87. The first-order valence-electron chi connectivity index (χ1n) is 5.40. The predicted molar refractivity (Wildman–Crippen MR) is 63.8 cm³/mol. The molecule has 0 saturated carbocycles. The molecule has 78 valence electrons. The van der Waals surface area contributed by atoms with Gasteiger partial charge in [-0.2, -0.15) is 0 Å². The number of aromatic nitrogens is 1. The van der Waals surface area contributed by atoms with E-state index in [1.165, 1.54) is 10.9 Å². The second-order valence-electron chi connectivity index (χ2n) is 3.76. The minimum Gasteiger partial charge on any atom is -0.330 e. The van der Waals surface area contributed by atoms with Crippen molar-refractivity contribution in [1.29, 1.82) is 0 Å². The van der Waals surface area contributed by atoms with Gasteiger partial charge in [-0.05, 0) is 36.6 Å². The summed E-state index contributed by atoms with van der Waals surface area (Å²) in [6.07, 6.45) is 2.94. The number of hydrogen-bond donors (Lipinski definition) is 1. The summed E-state index contributed by atoms with van der Waals surface area (Å²) in [4.78, 5) is 4.35. The number of rotatable bonds is 3. The van der Waals surface area contributed by atoms with E-state index in [0.717, 1.165) is 11.9 Å². The summed E-state index contributed by atoms with van der Waals surface area (Å²) >= 11 is 0. The van der Waals surface area contributed by atoms with Crippen molar-refractivity contribution in [3.63, 3.8) is 0 Å². The number of nitrogens with zero attached hydrogens (tertiary/aromatic N) is 1. The van der Waals surface area contributed by atoms with Crippen molar-refractivity contribution >= 4 is 10.9 Å². The van der Waals surface area contributed by atoms with Crippen molar-refractivity contribution in [2.45, 2.75) is 19.3 Å². The number of nitrogens with two attached hydrogens (primary N) is 1. The monoisotopic (exact) mass is 200 g/mol. The first kappa shape index (κ1) is 10.1. The lowest BCUT2D eigenvalue weighted by Gasteiger charge is -2.14. The fraction of sp³-hybridized carbons (Fsp3) is 0.308. The number of pyridine rings is 1. The van der Waals surface area contributed by atoms with Crippen LogP contribution in [0.4, 0.5) is 0 Å². The molecule has 1 aromatic heterocycles. The van der Waals surface area contributed by atoms with Gasteiger partial charge >= 0.3 is 0 Å². The number of fused-ring (bicyclic) bond motifs is 1. The minimum atomic E-state index is 0.442. The lowest BCUT2D eigenvalue weighted by Crippen LogP contribution is -2.12. The topological polar surface area (TPSA) is 38.9 Å². The van der Waals surface area contributed by atoms with Crippen LogP contribution < -0.4 is 5.73 Å². The Morgan fingerprint density at radius 1 is 1.27 bits per heavy atom. The van der Waals surface area contributed by atoms with E-state index in [-0.39, 0.29) is 0 Å². The summed E-state index contributed by atoms with van der Waals surface area (Å²) in [6, 6.07) is 10.3. The van der Waals surface area contributed by atoms with Gasteiger partial charge in [0.2, 0.25) is 0 Å². The van der Waals surface area contributed by atoms with E-state index < -0.39 is 0 Å². The van der Waals surface area contributed by atoms with E-state index in [2.05, 4.69) is 30.1 Å². The van der Waals surface area contributed by atoms with E-state index in [9.17, 15) is 0 Å². The SMILES string of the molecule is CCC(CN)c1ccnc2ccccc12. The van der Waals surface area contributed by atoms with Crippen LogP contribution in [0.3, 0.4) is 0 Å². The Morgan fingerprint density at radius 3 is 2.80 bits per heavy atom. The standard InChI is InChI=1S/C13H16N2/c1-2-10(9-14)11-7-8-15-13-6-4-3-5-12(11)13/h3-8,10H,2,9,14H2,1H3. The van der Waals surface area contributed by atoms with Crippen molar-refractivity contribution in [2.75, 3.05) is 6.54 Å². The van der Waals surface area contributed by atoms with Gasteiger partial charge in [-0.15, -0.1) is 0 Å². The molecule has 2 aromatic rings. The maximum absolute atomic E-state index is 5.79. The highest BCUT2D eigenvalue weighted by Crippen LogP contribution is 2.25. The van der Waals surface area contributed by atoms with Gasteiger partial charge in [0.05, 0.1) is 5.52 Å². The van der Waals surface area contributed by atoms with Crippen LogP contribution in [0.2, 0.25) is 0 Å². The van der Waals surface area contributed by atoms with Gasteiger partial charge in [0.25, 0.3) is 0 Å². The van der Waals surface area contributed by atoms with Crippen LogP contribution in [0, 0.1) is 0 Å². The molecule has 0 saturated heterocycles. The Morgan fingerprint density at radius 2 is 2.07 bits per heavy atom. The Balaban J connectivity index is 2.59. The molecule has 1 heterocycles. The molecule has 2 heteroatoms. The third-order valence-electron chi connectivity index (χ3n) is 2.90. The molecule has 15 heavy (non-hydrogen) atoms. The van der Waals surface area contributed by atoms with Crippen LogP contribution in [0.5, 0.6) is 0 Å². The fourth-order valence-corrected chi connectivity index (χ4v) is 1.99. The normalized spacial score (nSPS) is 12.9. The average molecular weight is 200 g/mol. The largest absolute Gasteiger partial charge is 0.330 e. The molecule has 0 bridgehead atoms. The quantitative estimate of drug-likeness (QED) is 0.827. The van der Waals surface area contributed by atoms with Crippen LogP contribution in [0.1, 0.15) is 24.8 Å². The number of hydrogen-bond acceptors (Lipinski definition) is 2. The molecule has 0 amide bonds. The second kappa shape index (κ2) is 4.41. The Labute approximate surface area is 90.1 Å². The summed E-state index contributed by atoms with van der Waals surface area (Å²) in [5, 5.41) is 1.23. The molecule has 1 atom stereocenters. The summed E-state index contributed by atoms with van der Waals surface area (Å²) in [5.41, 5.74) is 8.17. The highest BCUT2D eigenvalue weighted by molar-refractivity contribution is 5.82. The molecule has 0 radical (unpaired) electrons. The molecule has 0 aliphatic heterocycles. The van der Waals surface area contributed by atoms with Crippen LogP contribution in [-0.4, -0.2) is 11.5 Å². The van der Waals surface area contributed by atoms with E-state index in [1.54, 1.807) is 0 Å². The molecule has 0 aliphatic rings. The molecular weight excluding hydrogens is 184 g/mol. The van der Waals surface area contributed by atoms with Crippen LogP contribution >= 0.6 is 0 Å². The molecule has 0 fully saturated rings. The van der Waals surface area contributed by atoms with Gasteiger partial charge in [-0.1, -0.05) is 25.1 Å². The molecule has 2 nitrogen and oxygen atoms in total. The summed E-state index contributed by atoms with van der Waals surface area (Å²) in [7, 11) is 0. The third-order valence-corrected chi connectivity index (χ3v) is 2.90. The van der Waals surface area contributed by atoms with Crippen LogP contribution in [0.25, 0.3) is 10.9 Å². The van der Waals surface area contributed by atoms with Crippen molar-refractivity contribution < 1.29 is 0 Å². The highest BCUT2D eigenvalue weighted by atomic mass is 14.6. The van der Waals surface area contributed by atoms with Gasteiger partial charge < -0.3 is 5.73 Å². The number of benzene rings is 1. The first-order valence-corrected chi connectivity index (χ1v) is 5.40. The van der Waals surface area contributed by atoms with Crippen molar-refractivity contribution in [2.24, 2.45) is 5.73 Å². The zero-order valence-corrected chi connectivity index (χ0v) is 8.98. The molecule has 2 rings (SSSR count). The summed E-state index contributed by atoms with van der Waals surface area (Å²) in [5.74, 6) is 0.442. The maximum atomic E-state index is 5.79. The molecule has 2 N–H and O–H groups in total. The molecular formula is C13H16N2. The zero-order chi connectivity index (χ0) is 10.7. The fourth-order valence-electron chi connectivity index (χ4n) is 1.99. The first-order chi connectivity index (χ1) is 7.36. The van der Waals surface area contributed by atoms with Gasteiger partial charge in [-0.3, -0.25) is 4.98 Å². The zero-order valence-electron chi connectivity index (χ0n) is 8.98. The van der Waals surface area contributed by atoms with Crippen molar-refractivity contribution in [3.05, 3.63) is 42.1 Å². The molecule has 0 spiro atoms. The lowest BCUT2D eigenvalue weighted by atomic mass is 9.94. The van der Waals surface area contributed by atoms with Crippen molar-refractivity contribution in [3.8, 4) is 0 Å². The van der Waals surface area contributed by atoms with Crippen LogP contribution in [-0.2, 0) is 0 Å². The Bertz CT molecular complexity index is 442. The smallest absolute Gasteiger partial charge is 0.0704 e. The lowest BCUT2D eigenvalue weighted by molar-refractivity contribution is 0.679. The average Bonchev–Trinajstić information content (AvgIpc) is 2.31. The molecule has 1 aromatic carbocycles.